The van der Waals surface area contributed by atoms with Crippen LogP contribution in [0.25, 0.3) is 71.5 Å². The first-order chi connectivity index (χ1) is 22.5. The van der Waals surface area contributed by atoms with Crippen LogP contribution in [0.15, 0.2) is 115 Å². The van der Waals surface area contributed by atoms with E-state index in [4.69, 9.17) is 0 Å². The molecule has 9 rings (SSSR count). The van der Waals surface area contributed by atoms with Gasteiger partial charge in [0, 0.05) is 27.0 Å². The highest BCUT2D eigenvalue weighted by molar-refractivity contribution is 6.24. The van der Waals surface area contributed by atoms with Crippen LogP contribution in [0.1, 0.15) is 49.9 Å². The average Bonchev–Trinajstić information content (AvgIpc) is 3.70. The number of rotatable bonds is 2. The summed E-state index contributed by atoms with van der Waals surface area (Å²) in [7, 11) is 0. The van der Waals surface area contributed by atoms with Gasteiger partial charge in [-0.2, -0.15) is 10.5 Å². The molecule has 0 amide bonds. The Labute approximate surface area is 268 Å². The zero-order valence-corrected chi connectivity index (χ0v) is 26.3. The van der Waals surface area contributed by atoms with Crippen molar-refractivity contribution in [1.82, 2.24) is 4.40 Å². The fraction of sp³-hybridized carbons (Fsp3) is 0.116. The van der Waals surface area contributed by atoms with Gasteiger partial charge in [-0.05, 0) is 87.0 Å². The Kier molecular flexibility index (Phi) is 6.05. The lowest BCUT2D eigenvalue weighted by atomic mass is 9.81. The lowest BCUT2D eigenvalue weighted by molar-refractivity contribution is 0.660. The Balaban J connectivity index is 0.00000153. The molecule has 0 saturated heterocycles. The Hall–Kier alpha value is -5.90. The van der Waals surface area contributed by atoms with Gasteiger partial charge in [0.15, 0.2) is 0 Å². The maximum atomic E-state index is 9.63. The number of aromatic nitrogens is 1. The first kappa shape index (κ1) is 27.6. The number of benzene rings is 6. The van der Waals surface area contributed by atoms with Crippen molar-refractivity contribution in [3.05, 3.63) is 138 Å². The Morgan fingerprint density at radius 2 is 1.02 bits per heavy atom. The molecule has 8 aromatic rings. The van der Waals surface area contributed by atoms with Crippen LogP contribution in [-0.2, 0) is 5.41 Å². The molecule has 2 heterocycles. The number of hydrogen-bond donors (Lipinski definition) is 0. The van der Waals surface area contributed by atoms with Gasteiger partial charge >= 0.3 is 0 Å². The maximum absolute atomic E-state index is 9.63. The van der Waals surface area contributed by atoms with Crippen molar-refractivity contribution in [2.45, 2.75) is 33.1 Å². The van der Waals surface area contributed by atoms with E-state index in [-0.39, 0.29) is 5.41 Å². The van der Waals surface area contributed by atoms with Crippen LogP contribution in [0.4, 0.5) is 0 Å². The molecule has 0 radical (unpaired) electrons. The van der Waals surface area contributed by atoms with Gasteiger partial charge in [-0.15, -0.1) is 0 Å². The molecule has 3 heteroatoms. The molecule has 46 heavy (non-hydrogen) atoms. The Morgan fingerprint density at radius 1 is 0.500 bits per heavy atom. The van der Waals surface area contributed by atoms with Crippen molar-refractivity contribution >= 4 is 38.1 Å². The Bertz CT molecular complexity index is 2480. The number of fused-ring (bicyclic) bond motifs is 9. The molecule has 0 spiro atoms. The van der Waals surface area contributed by atoms with Gasteiger partial charge in [0.25, 0.3) is 0 Å². The molecule has 0 fully saturated rings. The average molecular weight is 590 g/mol. The first-order valence-electron chi connectivity index (χ1n) is 15.9. The molecular formula is C43H31N3. The largest absolute Gasteiger partial charge is 0.308 e. The van der Waals surface area contributed by atoms with Crippen molar-refractivity contribution in [1.29, 1.82) is 10.5 Å². The molecule has 0 saturated carbocycles. The standard InChI is InChI=1S/C41H25N3.C2H6/c1-41(2)36-6-4-3-5-30(36)31-16-13-28(21-37(31)41)26-9-11-27(12-10-26)29-19-34-32-14-7-24(22-42)17-38(32)44-39-18-25(23-43)8-15-33(39)35(20-29)40(34)44;1-2/h3-21H,1-2H3;1-2H3. The summed E-state index contributed by atoms with van der Waals surface area (Å²) in [6.45, 7) is 8.64. The van der Waals surface area contributed by atoms with Gasteiger partial charge in [0.1, 0.15) is 0 Å². The second-order valence-corrected chi connectivity index (χ2v) is 12.5. The van der Waals surface area contributed by atoms with E-state index in [0.717, 1.165) is 49.2 Å². The summed E-state index contributed by atoms with van der Waals surface area (Å²) in [5.41, 5.74) is 14.5. The third kappa shape index (κ3) is 3.76. The zero-order valence-electron chi connectivity index (χ0n) is 26.3. The molecule has 0 atom stereocenters. The fourth-order valence-corrected chi connectivity index (χ4v) is 7.59. The number of nitriles is 2. The third-order valence-corrected chi connectivity index (χ3v) is 9.78. The third-order valence-electron chi connectivity index (χ3n) is 9.78. The first-order valence-corrected chi connectivity index (χ1v) is 15.9. The van der Waals surface area contributed by atoms with Crippen LogP contribution in [0.5, 0.6) is 0 Å². The van der Waals surface area contributed by atoms with Gasteiger partial charge in [-0.1, -0.05) is 100 Å². The summed E-state index contributed by atoms with van der Waals surface area (Å²) in [4.78, 5) is 0. The molecule has 0 bridgehead atoms. The van der Waals surface area contributed by atoms with E-state index in [9.17, 15) is 10.5 Å². The predicted octanol–water partition coefficient (Wildman–Crippen LogP) is 11.2. The van der Waals surface area contributed by atoms with Crippen LogP contribution in [0.2, 0.25) is 0 Å². The molecule has 6 aromatic carbocycles. The molecule has 1 aliphatic carbocycles. The van der Waals surface area contributed by atoms with Crippen LogP contribution < -0.4 is 0 Å². The predicted molar refractivity (Wildman–Crippen MR) is 190 cm³/mol. The topological polar surface area (TPSA) is 52.0 Å². The van der Waals surface area contributed by atoms with Crippen molar-refractivity contribution in [2.75, 3.05) is 0 Å². The van der Waals surface area contributed by atoms with E-state index < -0.39 is 0 Å². The minimum atomic E-state index is -0.0303. The van der Waals surface area contributed by atoms with Crippen LogP contribution >= 0.6 is 0 Å². The van der Waals surface area contributed by atoms with Gasteiger partial charge in [-0.3, -0.25) is 0 Å². The minimum absolute atomic E-state index is 0.0303. The van der Waals surface area contributed by atoms with E-state index in [1.54, 1.807) is 0 Å². The monoisotopic (exact) mass is 589 g/mol. The molecule has 2 aromatic heterocycles. The van der Waals surface area contributed by atoms with E-state index in [0.29, 0.717) is 11.1 Å². The van der Waals surface area contributed by atoms with Crippen LogP contribution in [0, 0.1) is 22.7 Å². The van der Waals surface area contributed by atoms with Gasteiger partial charge in [-0.25, -0.2) is 0 Å². The van der Waals surface area contributed by atoms with Crippen molar-refractivity contribution in [3.8, 4) is 45.5 Å². The van der Waals surface area contributed by atoms with Gasteiger partial charge in [0.2, 0.25) is 0 Å². The second-order valence-electron chi connectivity index (χ2n) is 12.5. The smallest absolute Gasteiger partial charge is 0.0992 e. The van der Waals surface area contributed by atoms with Crippen LogP contribution in [-0.4, -0.2) is 4.40 Å². The number of hydrogen-bond acceptors (Lipinski definition) is 2. The summed E-state index contributed by atoms with van der Waals surface area (Å²) in [5, 5.41) is 23.8. The van der Waals surface area contributed by atoms with Crippen LogP contribution in [0.3, 0.4) is 0 Å². The highest BCUT2D eigenvalue weighted by Crippen LogP contribution is 2.49. The minimum Gasteiger partial charge on any atom is -0.308 e. The molecular weight excluding hydrogens is 558 g/mol. The lowest BCUT2D eigenvalue weighted by Gasteiger charge is -2.22. The highest BCUT2D eigenvalue weighted by atomic mass is 14.9. The SMILES string of the molecule is CC.CC1(C)c2ccccc2-c2ccc(-c3ccc(-c4cc5c6ccc(C#N)cc6n6c7cc(C#N)ccc7c(c4)c56)cc3)cc21. The van der Waals surface area contributed by atoms with Crippen molar-refractivity contribution < 1.29 is 0 Å². The molecule has 1 aliphatic rings. The van der Waals surface area contributed by atoms with Gasteiger partial charge in [0.05, 0.1) is 39.8 Å². The summed E-state index contributed by atoms with van der Waals surface area (Å²) in [6, 6.07) is 45.5. The summed E-state index contributed by atoms with van der Waals surface area (Å²) in [5.74, 6) is 0. The molecule has 0 N–H and O–H groups in total. The number of nitrogens with zero attached hydrogens (tertiary/aromatic N) is 3. The van der Waals surface area contributed by atoms with E-state index in [2.05, 4.69) is 121 Å². The lowest BCUT2D eigenvalue weighted by Crippen LogP contribution is -2.14. The van der Waals surface area contributed by atoms with E-state index >= 15 is 0 Å². The van der Waals surface area contributed by atoms with E-state index in [1.807, 2.05) is 38.1 Å². The maximum Gasteiger partial charge on any atom is 0.0992 e. The summed E-state index contributed by atoms with van der Waals surface area (Å²) >= 11 is 0. The van der Waals surface area contributed by atoms with E-state index in [1.165, 1.54) is 33.4 Å². The van der Waals surface area contributed by atoms with Crippen molar-refractivity contribution in [3.63, 3.8) is 0 Å². The second kappa shape index (κ2) is 10.1. The normalized spacial score (nSPS) is 12.9. The summed E-state index contributed by atoms with van der Waals surface area (Å²) in [6.07, 6.45) is 0. The van der Waals surface area contributed by atoms with Gasteiger partial charge < -0.3 is 4.40 Å². The molecule has 218 valence electrons. The summed E-state index contributed by atoms with van der Waals surface area (Å²) < 4.78 is 2.22. The molecule has 0 unspecified atom stereocenters. The zero-order chi connectivity index (χ0) is 31.7. The fourth-order valence-electron chi connectivity index (χ4n) is 7.59. The Morgan fingerprint density at radius 3 is 1.61 bits per heavy atom. The van der Waals surface area contributed by atoms with Crippen molar-refractivity contribution in [2.24, 2.45) is 0 Å². The quantitative estimate of drug-likeness (QED) is 0.201. The molecule has 3 nitrogen and oxygen atoms in total. The molecule has 0 aliphatic heterocycles. The highest BCUT2D eigenvalue weighted by Gasteiger charge is 2.35.